The molecule has 2 amide bonds. The third-order valence-electron chi connectivity index (χ3n) is 5.44. The quantitative estimate of drug-likeness (QED) is 0.311. The van der Waals surface area contributed by atoms with Gasteiger partial charge in [0.25, 0.3) is 11.8 Å². The van der Waals surface area contributed by atoms with E-state index in [1.54, 1.807) is 76.1 Å². The van der Waals surface area contributed by atoms with Crippen LogP contribution in [0.3, 0.4) is 0 Å². The van der Waals surface area contributed by atoms with Crippen molar-refractivity contribution in [1.82, 2.24) is 19.8 Å². The monoisotopic (exact) mass is 546 g/mol. The Morgan fingerprint density at radius 2 is 1.23 bits per heavy atom. The molecule has 0 fully saturated rings. The van der Waals surface area contributed by atoms with Crippen LogP contribution in [0.15, 0.2) is 85.5 Å². The van der Waals surface area contributed by atoms with Crippen molar-refractivity contribution in [2.24, 2.45) is 0 Å². The van der Waals surface area contributed by atoms with E-state index in [1.165, 1.54) is 4.90 Å². The molecule has 0 aliphatic carbocycles. The van der Waals surface area contributed by atoms with Crippen molar-refractivity contribution in [3.05, 3.63) is 113 Å². The fourth-order valence-electron chi connectivity index (χ4n) is 3.14. The number of para-hydroxylation sites is 2. The molecule has 2 heterocycles. The van der Waals surface area contributed by atoms with Crippen LogP contribution in [0, 0.1) is 13.8 Å². The number of nitrogens with zero attached hydrogens (tertiary/aromatic N) is 4. The third kappa shape index (κ3) is 9.43. The third-order valence-corrected chi connectivity index (χ3v) is 5.84. The number of benzene rings is 2. The van der Waals surface area contributed by atoms with Gasteiger partial charge in [-0.2, -0.15) is 0 Å². The van der Waals surface area contributed by atoms with Gasteiger partial charge in [-0.1, -0.05) is 35.9 Å². The Morgan fingerprint density at radius 3 is 1.74 bits per heavy atom. The number of carbonyl (C=O) groups excluding carboxylic acids is 2. The maximum atomic E-state index is 12.1. The lowest BCUT2D eigenvalue weighted by Gasteiger charge is -2.16. The van der Waals surface area contributed by atoms with Crippen LogP contribution in [0.1, 0.15) is 31.8 Å². The summed E-state index contributed by atoms with van der Waals surface area (Å²) < 4.78 is 0. The number of nitrogens with two attached hydrogens (primary N) is 1. The van der Waals surface area contributed by atoms with E-state index in [0.717, 1.165) is 27.5 Å². The van der Waals surface area contributed by atoms with E-state index in [2.05, 4.69) is 15.3 Å². The van der Waals surface area contributed by atoms with E-state index in [0.29, 0.717) is 16.8 Å². The number of hydrogen-bond acceptors (Lipinski definition) is 6. The number of hydrogen-bond donors (Lipinski definition) is 2. The van der Waals surface area contributed by atoms with E-state index in [4.69, 9.17) is 17.3 Å². The summed E-state index contributed by atoms with van der Waals surface area (Å²) >= 11 is 5.65. The average Bonchev–Trinajstić information content (AvgIpc) is 2.92. The van der Waals surface area contributed by atoms with Gasteiger partial charge in [0.05, 0.1) is 33.7 Å². The zero-order valence-corrected chi connectivity index (χ0v) is 23.9. The van der Waals surface area contributed by atoms with Crippen LogP contribution in [-0.2, 0) is 0 Å². The molecule has 39 heavy (non-hydrogen) atoms. The molecule has 0 saturated heterocycles. The highest BCUT2D eigenvalue weighted by molar-refractivity contribution is 6.31. The summed E-state index contributed by atoms with van der Waals surface area (Å²) in [5.74, 6) is -0.0854. The lowest BCUT2D eigenvalue weighted by atomic mass is 10.1. The number of aryl methyl sites for hydroxylation is 2. The molecule has 0 atom stereocenters. The van der Waals surface area contributed by atoms with Crippen LogP contribution < -0.4 is 11.1 Å². The summed E-state index contributed by atoms with van der Waals surface area (Å²) in [5.41, 5.74) is 11.2. The first-order valence-electron chi connectivity index (χ1n) is 12.1. The number of halogens is 1. The average molecular weight is 547 g/mol. The minimum atomic E-state index is -0.0619. The SMILES string of the molecule is CN(C)C(=O)c1ccccc1N.Cc1ccncc1Cl.Cc1ccncc1Nc1ccccc1C(=O)N(C)C. The molecule has 2 aromatic heterocycles. The van der Waals surface area contributed by atoms with Crippen molar-refractivity contribution in [3.63, 3.8) is 0 Å². The predicted molar refractivity (Wildman–Crippen MR) is 160 cm³/mol. The van der Waals surface area contributed by atoms with Crippen molar-refractivity contribution in [2.75, 3.05) is 39.2 Å². The molecule has 204 valence electrons. The fraction of sp³-hybridized carbons (Fsp3) is 0.200. The summed E-state index contributed by atoms with van der Waals surface area (Å²) in [6.45, 7) is 3.95. The molecular weight excluding hydrogens is 512 g/mol. The Morgan fingerprint density at radius 1 is 0.718 bits per heavy atom. The van der Waals surface area contributed by atoms with Crippen LogP contribution in [0.5, 0.6) is 0 Å². The number of pyridine rings is 2. The zero-order chi connectivity index (χ0) is 28.9. The minimum Gasteiger partial charge on any atom is -0.398 e. The second-order valence-electron chi connectivity index (χ2n) is 8.97. The van der Waals surface area contributed by atoms with Crippen molar-refractivity contribution in [2.45, 2.75) is 13.8 Å². The van der Waals surface area contributed by atoms with E-state index >= 15 is 0 Å². The van der Waals surface area contributed by atoms with Crippen molar-refractivity contribution in [1.29, 1.82) is 0 Å². The summed E-state index contributed by atoms with van der Waals surface area (Å²) in [6, 6.07) is 18.3. The van der Waals surface area contributed by atoms with Crippen LogP contribution in [0.25, 0.3) is 0 Å². The van der Waals surface area contributed by atoms with E-state index < -0.39 is 0 Å². The van der Waals surface area contributed by atoms with Gasteiger partial charge in [-0.3, -0.25) is 19.6 Å². The smallest absolute Gasteiger partial charge is 0.255 e. The highest BCUT2D eigenvalue weighted by Crippen LogP contribution is 2.23. The van der Waals surface area contributed by atoms with E-state index in [1.807, 2.05) is 56.3 Å². The largest absolute Gasteiger partial charge is 0.398 e. The molecule has 4 aromatic rings. The van der Waals surface area contributed by atoms with Crippen LogP contribution in [-0.4, -0.2) is 59.8 Å². The molecule has 2 aromatic carbocycles. The zero-order valence-electron chi connectivity index (χ0n) is 23.1. The summed E-state index contributed by atoms with van der Waals surface area (Å²) in [7, 11) is 6.90. The maximum absolute atomic E-state index is 12.1. The minimum absolute atomic E-state index is 0.0235. The molecule has 0 saturated carbocycles. The van der Waals surface area contributed by atoms with Gasteiger partial charge in [-0.15, -0.1) is 0 Å². The topological polar surface area (TPSA) is 104 Å². The van der Waals surface area contributed by atoms with Crippen LogP contribution in [0.4, 0.5) is 17.1 Å². The first-order valence-corrected chi connectivity index (χ1v) is 12.5. The number of nitrogen functional groups attached to an aromatic ring is 1. The first kappa shape index (κ1) is 30.8. The second kappa shape index (κ2) is 15.1. The van der Waals surface area contributed by atoms with Crippen molar-refractivity contribution < 1.29 is 9.59 Å². The van der Waals surface area contributed by atoms with Gasteiger partial charge in [0.15, 0.2) is 0 Å². The Bertz CT molecular complexity index is 1370. The van der Waals surface area contributed by atoms with Crippen molar-refractivity contribution in [3.8, 4) is 0 Å². The standard InChI is InChI=1S/C15H17N3O.C9H12N2O.C6H6ClN/c1-11-8-9-16-10-14(11)17-13-7-5-4-6-12(13)15(19)18(2)3;1-11(2)9(12)7-5-3-4-6-8(7)10;1-5-2-3-8-4-6(5)7/h4-10,17H,1-3H3;3-6H,10H2,1-2H3;2-4H,1H3. The van der Waals surface area contributed by atoms with Crippen LogP contribution >= 0.6 is 11.6 Å². The van der Waals surface area contributed by atoms with Crippen LogP contribution in [0.2, 0.25) is 5.02 Å². The first-order chi connectivity index (χ1) is 18.5. The lowest BCUT2D eigenvalue weighted by molar-refractivity contribution is 0.0821. The summed E-state index contributed by atoms with van der Waals surface area (Å²) in [4.78, 5) is 34.5. The van der Waals surface area contributed by atoms with Gasteiger partial charge in [-0.05, 0) is 61.4 Å². The molecule has 0 unspecified atom stereocenters. The highest BCUT2D eigenvalue weighted by Gasteiger charge is 2.13. The van der Waals surface area contributed by atoms with Gasteiger partial charge in [-0.25, -0.2) is 0 Å². The van der Waals surface area contributed by atoms with Gasteiger partial charge in [0.1, 0.15) is 0 Å². The number of rotatable bonds is 4. The van der Waals surface area contributed by atoms with Gasteiger partial charge >= 0.3 is 0 Å². The molecule has 0 spiro atoms. The maximum Gasteiger partial charge on any atom is 0.255 e. The number of carbonyl (C=O) groups is 2. The highest BCUT2D eigenvalue weighted by atomic mass is 35.5. The normalized spacial score (nSPS) is 9.72. The van der Waals surface area contributed by atoms with Gasteiger partial charge in [0.2, 0.25) is 0 Å². The number of aromatic nitrogens is 2. The fourth-order valence-corrected chi connectivity index (χ4v) is 3.26. The Balaban J connectivity index is 0.000000227. The molecule has 4 rings (SSSR count). The number of amides is 2. The van der Waals surface area contributed by atoms with Gasteiger partial charge < -0.3 is 20.9 Å². The number of anilines is 3. The Hall–Kier alpha value is -4.43. The number of nitrogens with one attached hydrogen (secondary N) is 1. The Labute approximate surface area is 235 Å². The molecule has 0 radical (unpaired) electrons. The second-order valence-corrected chi connectivity index (χ2v) is 9.38. The predicted octanol–water partition coefficient (Wildman–Crippen LogP) is 5.85. The molecule has 8 nitrogen and oxygen atoms in total. The van der Waals surface area contributed by atoms with E-state index in [-0.39, 0.29) is 11.8 Å². The van der Waals surface area contributed by atoms with Crippen molar-refractivity contribution >= 4 is 40.5 Å². The summed E-state index contributed by atoms with van der Waals surface area (Å²) in [5, 5.41) is 4.00. The lowest BCUT2D eigenvalue weighted by Crippen LogP contribution is -2.22. The van der Waals surface area contributed by atoms with Gasteiger partial charge in [0, 0.05) is 52.5 Å². The molecule has 0 aliphatic heterocycles. The Kier molecular flexibility index (Phi) is 11.9. The molecular formula is C30H35ClN6O2. The van der Waals surface area contributed by atoms with E-state index in [9.17, 15) is 9.59 Å². The molecule has 0 aliphatic rings. The molecule has 0 bridgehead atoms. The summed E-state index contributed by atoms with van der Waals surface area (Å²) in [6.07, 6.45) is 6.86. The molecule has 9 heteroatoms. The molecule has 3 N–H and O–H groups in total.